The van der Waals surface area contributed by atoms with Gasteiger partial charge in [-0.25, -0.2) is 0 Å². The van der Waals surface area contributed by atoms with Crippen molar-refractivity contribution in [2.75, 3.05) is 61.5 Å². The maximum atomic E-state index is 11.7. The van der Waals surface area contributed by atoms with Crippen molar-refractivity contribution in [3.8, 4) is 23.0 Å². The standard InChI is InChI=1S/C43H48O5Si.C40H44O5Si/c1-7-31-46-39(33-48-49(42(2,3)4,40-19-13-9-14-20-40)41-21-15-10-16-22-41)32-47-43(34-17-11-8-12-18-34,35-23-27-37(44-5)28-24-35)36-25-29-38(45-6)30-26-36;1-39(2,3)46(37-17-11-7-12-18-37,38-19-13-8-14-20-38)45-30-34(41)29-44-40(31-15-9-6-10-16-31,32-21-25-35(42-4)26-22-32)33-23-27-36(43-5)28-24-33/h7-30,39H,1,31-33H2,2-6H3;6-28,34,41H,29-30H2,1-5H3/t39-;34-/m11/s1. The zero-order chi connectivity index (χ0) is 67.4. The molecule has 0 bridgehead atoms. The van der Waals surface area contributed by atoms with E-state index in [2.05, 4.69) is 206 Å². The Hall–Kier alpha value is -8.67. The summed E-state index contributed by atoms with van der Waals surface area (Å²) in [4.78, 5) is 0. The predicted molar refractivity (Wildman–Crippen MR) is 390 cm³/mol. The van der Waals surface area contributed by atoms with Crippen LogP contribution in [0.4, 0.5) is 0 Å². The molecule has 0 saturated carbocycles. The molecule has 0 radical (unpaired) electrons. The fourth-order valence-corrected chi connectivity index (χ4v) is 22.1. The summed E-state index contributed by atoms with van der Waals surface area (Å²) in [6, 6.07) is 94.6. The quantitative estimate of drug-likeness (QED) is 0.0277. The van der Waals surface area contributed by atoms with Gasteiger partial charge in [-0.1, -0.05) is 278 Å². The van der Waals surface area contributed by atoms with Crippen molar-refractivity contribution in [2.45, 2.75) is 75.0 Å². The molecular formula is C83H92O10Si2. The molecule has 0 saturated heterocycles. The highest BCUT2D eigenvalue weighted by Gasteiger charge is 2.52. The molecule has 1 N–H and O–H groups in total. The van der Waals surface area contributed by atoms with Gasteiger partial charge < -0.3 is 47.1 Å². The molecule has 0 aliphatic rings. The molecule has 12 heteroatoms. The molecule has 0 fully saturated rings. The molecule has 0 aliphatic carbocycles. The van der Waals surface area contributed by atoms with Gasteiger partial charge >= 0.3 is 0 Å². The molecule has 492 valence electrons. The minimum Gasteiger partial charge on any atom is -0.497 e. The summed E-state index contributed by atoms with van der Waals surface area (Å²) in [7, 11) is 0.984. The Labute approximate surface area is 565 Å². The van der Waals surface area contributed by atoms with Crippen molar-refractivity contribution >= 4 is 37.4 Å². The second kappa shape index (κ2) is 32.7. The van der Waals surface area contributed by atoms with E-state index >= 15 is 0 Å². The summed E-state index contributed by atoms with van der Waals surface area (Å²) in [6.07, 6.45) is 0.466. The van der Waals surface area contributed by atoms with Crippen LogP contribution in [0, 0.1) is 0 Å². The lowest BCUT2D eigenvalue weighted by atomic mass is 9.80. The average molecular weight is 1310 g/mol. The minimum absolute atomic E-state index is 0.0329. The van der Waals surface area contributed by atoms with Crippen LogP contribution in [0.3, 0.4) is 0 Å². The Balaban J connectivity index is 0.000000224. The summed E-state index contributed by atoms with van der Waals surface area (Å²) >= 11 is 0. The number of rotatable bonds is 29. The third kappa shape index (κ3) is 15.9. The molecule has 0 aromatic heterocycles. The van der Waals surface area contributed by atoms with Gasteiger partial charge in [0.2, 0.25) is 0 Å². The normalized spacial score (nSPS) is 12.7. The number of ether oxygens (including phenoxy) is 7. The average Bonchev–Trinajstić information content (AvgIpc) is 0.845. The second-order valence-electron chi connectivity index (χ2n) is 25.5. The topological polar surface area (TPSA) is 103 Å². The van der Waals surface area contributed by atoms with Crippen LogP contribution >= 0.6 is 0 Å². The Bertz CT molecular complexity index is 3690. The van der Waals surface area contributed by atoms with E-state index in [0.717, 1.165) is 66.8 Å². The molecular weight excluding hydrogens is 1210 g/mol. The highest BCUT2D eigenvalue weighted by Crippen LogP contribution is 2.45. The highest BCUT2D eigenvalue weighted by molar-refractivity contribution is 7.00. The lowest BCUT2D eigenvalue weighted by molar-refractivity contribution is -0.0726. The minimum atomic E-state index is -2.84. The van der Waals surface area contributed by atoms with Gasteiger partial charge in [0.1, 0.15) is 40.3 Å². The van der Waals surface area contributed by atoms with Crippen molar-refractivity contribution in [2.24, 2.45) is 0 Å². The van der Waals surface area contributed by atoms with Gasteiger partial charge in [-0.15, -0.1) is 6.58 Å². The zero-order valence-corrected chi connectivity index (χ0v) is 58.7. The molecule has 2 atom stereocenters. The number of hydrogen-bond donors (Lipinski definition) is 1. The van der Waals surface area contributed by atoms with Crippen LogP contribution in [0.2, 0.25) is 10.1 Å². The van der Waals surface area contributed by atoms with E-state index in [1.165, 1.54) is 10.4 Å². The molecule has 0 spiro atoms. The Morgan fingerprint density at radius 3 is 0.853 bits per heavy atom. The van der Waals surface area contributed by atoms with Gasteiger partial charge in [-0.05, 0) is 113 Å². The Morgan fingerprint density at radius 2 is 0.589 bits per heavy atom. The van der Waals surface area contributed by atoms with Gasteiger partial charge in [0, 0.05) is 0 Å². The molecule has 95 heavy (non-hydrogen) atoms. The summed E-state index contributed by atoms with van der Waals surface area (Å²) in [5.74, 6) is 3.04. The second-order valence-corrected chi connectivity index (χ2v) is 34.1. The maximum absolute atomic E-state index is 11.7. The van der Waals surface area contributed by atoms with Crippen molar-refractivity contribution in [1.29, 1.82) is 0 Å². The summed E-state index contributed by atoms with van der Waals surface area (Å²) in [5, 5.41) is 16.0. The van der Waals surface area contributed by atoms with E-state index in [1.807, 2.05) is 121 Å². The lowest BCUT2D eigenvalue weighted by Crippen LogP contribution is -2.67. The summed E-state index contributed by atoms with van der Waals surface area (Å²) in [6.45, 7) is 18.6. The van der Waals surface area contributed by atoms with Crippen LogP contribution < -0.4 is 39.7 Å². The molecule has 10 rings (SSSR count). The van der Waals surface area contributed by atoms with E-state index < -0.39 is 40.0 Å². The Kier molecular flexibility index (Phi) is 24.3. The molecule has 0 aliphatic heterocycles. The van der Waals surface area contributed by atoms with Crippen LogP contribution in [-0.4, -0.2) is 95.4 Å². The fraction of sp³-hybridized carbons (Fsp3) is 0.253. The van der Waals surface area contributed by atoms with Gasteiger partial charge in [-0.3, -0.25) is 0 Å². The van der Waals surface area contributed by atoms with E-state index in [4.69, 9.17) is 42.0 Å². The van der Waals surface area contributed by atoms with Crippen molar-refractivity contribution < 1.29 is 47.1 Å². The third-order valence-electron chi connectivity index (χ3n) is 17.6. The number of methoxy groups -OCH3 is 4. The molecule has 10 aromatic rings. The predicted octanol–water partition coefficient (Wildman–Crippen LogP) is 15.1. The van der Waals surface area contributed by atoms with Crippen LogP contribution in [0.1, 0.15) is 74.9 Å². The number of aliphatic hydroxyl groups is 1. The smallest absolute Gasteiger partial charge is 0.261 e. The molecule has 0 amide bonds. The molecule has 10 nitrogen and oxygen atoms in total. The molecule has 0 heterocycles. The van der Waals surface area contributed by atoms with Crippen molar-refractivity contribution in [3.05, 3.63) is 325 Å². The first-order chi connectivity index (χ1) is 46.0. The SMILES string of the molecule is C=CCO[C@H](COC(c1ccccc1)(c1ccc(OC)cc1)c1ccc(OC)cc1)CO[Si](c1ccccc1)(c1ccccc1)C(C)(C)C.COc1ccc(C(OC[C@@H](O)CO[Si](c2ccccc2)(c2ccccc2)C(C)(C)C)(c2ccccc2)c2ccc(OC)cc2)cc1. The number of aliphatic hydroxyl groups excluding tert-OH is 1. The third-order valence-corrected chi connectivity index (χ3v) is 27.6. The van der Waals surface area contributed by atoms with E-state index in [0.29, 0.717) is 13.2 Å². The van der Waals surface area contributed by atoms with Crippen LogP contribution in [0.25, 0.3) is 0 Å². The summed E-state index contributed by atoms with van der Waals surface area (Å²) < 4.78 is 57.1. The number of hydrogen-bond acceptors (Lipinski definition) is 10. The van der Waals surface area contributed by atoms with E-state index in [-0.39, 0.29) is 29.9 Å². The first kappa shape index (κ1) is 70.6. The van der Waals surface area contributed by atoms with E-state index in [9.17, 15) is 5.11 Å². The maximum Gasteiger partial charge on any atom is 0.261 e. The zero-order valence-electron chi connectivity index (χ0n) is 56.7. The Morgan fingerprint density at radius 1 is 0.337 bits per heavy atom. The highest BCUT2D eigenvalue weighted by atomic mass is 28.4. The van der Waals surface area contributed by atoms with Gasteiger partial charge in [-0.2, -0.15) is 0 Å². The van der Waals surface area contributed by atoms with E-state index in [1.54, 1.807) is 34.5 Å². The van der Waals surface area contributed by atoms with Gasteiger partial charge in [0.15, 0.2) is 0 Å². The first-order valence-electron chi connectivity index (χ1n) is 32.4. The molecule has 0 unspecified atom stereocenters. The van der Waals surface area contributed by atoms with Crippen LogP contribution in [0.15, 0.2) is 292 Å². The first-order valence-corrected chi connectivity index (χ1v) is 36.2. The monoisotopic (exact) mass is 1300 g/mol. The van der Waals surface area contributed by atoms with Crippen LogP contribution in [-0.2, 0) is 34.3 Å². The molecule has 10 aromatic carbocycles. The number of benzene rings is 10. The van der Waals surface area contributed by atoms with Crippen LogP contribution in [0.5, 0.6) is 23.0 Å². The van der Waals surface area contributed by atoms with Gasteiger partial charge in [0.05, 0.1) is 67.6 Å². The lowest BCUT2D eigenvalue weighted by Gasteiger charge is -2.44. The van der Waals surface area contributed by atoms with Gasteiger partial charge in [0.25, 0.3) is 16.6 Å². The fourth-order valence-electron chi connectivity index (χ4n) is 12.9. The van der Waals surface area contributed by atoms with Crippen molar-refractivity contribution in [1.82, 2.24) is 0 Å². The summed E-state index contributed by atoms with van der Waals surface area (Å²) in [5.41, 5.74) is 3.64. The van der Waals surface area contributed by atoms with Crippen molar-refractivity contribution in [3.63, 3.8) is 0 Å². The largest absolute Gasteiger partial charge is 0.497 e.